The van der Waals surface area contributed by atoms with Crippen LogP contribution in [0, 0.1) is 23.7 Å². The molecule has 0 heterocycles. The molecule has 2 aliphatic carbocycles. The maximum atomic E-state index is 6.08. The number of nitrogens with two attached hydrogens (primary N) is 1. The van der Waals surface area contributed by atoms with Crippen molar-refractivity contribution in [3.8, 4) is 0 Å². The number of hydrogen-bond donors (Lipinski definition) is 1. The van der Waals surface area contributed by atoms with Gasteiger partial charge in [0.2, 0.25) is 0 Å². The highest BCUT2D eigenvalue weighted by Crippen LogP contribution is 2.50. The highest BCUT2D eigenvalue weighted by molar-refractivity contribution is 4.94. The smallest absolute Gasteiger partial charge is 0.00443 e. The van der Waals surface area contributed by atoms with Gasteiger partial charge in [-0.15, -0.1) is 0 Å². The summed E-state index contributed by atoms with van der Waals surface area (Å²) in [7, 11) is 0. The lowest BCUT2D eigenvalue weighted by Gasteiger charge is -2.21. The summed E-state index contributed by atoms with van der Waals surface area (Å²) in [4.78, 5) is 0. The second kappa shape index (κ2) is 3.02. The molecule has 0 amide bonds. The number of fused-ring (bicyclic) bond motifs is 1. The van der Waals surface area contributed by atoms with E-state index in [4.69, 9.17) is 5.73 Å². The lowest BCUT2D eigenvalue weighted by atomic mass is 9.86. The van der Waals surface area contributed by atoms with Gasteiger partial charge in [-0.1, -0.05) is 13.8 Å². The van der Waals surface area contributed by atoms with E-state index in [0.717, 1.165) is 23.7 Å². The van der Waals surface area contributed by atoms with Gasteiger partial charge in [0.25, 0.3) is 0 Å². The zero-order chi connectivity index (χ0) is 8.72. The van der Waals surface area contributed by atoms with Crippen LogP contribution in [0.1, 0.15) is 39.5 Å². The van der Waals surface area contributed by atoms with E-state index in [9.17, 15) is 0 Å². The average Bonchev–Trinajstić information content (AvgIpc) is 2.63. The minimum Gasteiger partial charge on any atom is -0.328 e. The van der Waals surface area contributed by atoms with Crippen molar-refractivity contribution in [1.29, 1.82) is 0 Å². The molecule has 0 bridgehead atoms. The molecule has 0 aromatic heterocycles. The Balaban J connectivity index is 1.96. The van der Waals surface area contributed by atoms with E-state index in [-0.39, 0.29) is 0 Å². The maximum absolute atomic E-state index is 6.08. The van der Waals surface area contributed by atoms with Crippen molar-refractivity contribution in [2.45, 2.75) is 45.6 Å². The fraction of sp³-hybridized carbons (Fsp3) is 1.00. The minimum atomic E-state index is 0.509. The van der Waals surface area contributed by atoms with E-state index in [2.05, 4.69) is 13.8 Å². The third kappa shape index (κ3) is 1.66. The van der Waals surface area contributed by atoms with E-state index >= 15 is 0 Å². The van der Waals surface area contributed by atoms with Crippen LogP contribution in [0.4, 0.5) is 0 Å². The Hall–Kier alpha value is -0.0400. The highest BCUT2D eigenvalue weighted by Gasteiger charge is 2.42. The first-order valence-corrected chi connectivity index (χ1v) is 5.42. The lowest BCUT2D eigenvalue weighted by Crippen LogP contribution is -2.24. The van der Waals surface area contributed by atoms with Gasteiger partial charge in [-0.05, 0) is 49.4 Å². The molecule has 0 spiro atoms. The molecule has 70 valence electrons. The van der Waals surface area contributed by atoms with E-state index < -0.39 is 0 Å². The monoisotopic (exact) mass is 167 g/mol. The predicted octanol–water partition coefficient (Wildman–Crippen LogP) is 2.41. The molecule has 2 rings (SSSR count). The first-order valence-electron chi connectivity index (χ1n) is 5.42. The molecular formula is C11H21N. The van der Waals surface area contributed by atoms with Gasteiger partial charge >= 0.3 is 0 Å². The van der Waals surface area contributed by atoms with Crippen LogP contribution in [0.2, 0.25) is 0 Å². The molecule has 0 saturated heterocycles. The second-order valence-electron chi connectivity index (χ2n) is 5.23. The molecule has 4 unspecified atom stereocenters. The van der Waals surface area contributed by atoms with Crippen LogP contribution >= 0.6 is 0 Å². The Morgan fingerprint density at radius 1 is 1.00 bits per heavy atom. The molecule has 1 heteroatoms. The quantitative estimate of drug-likeness (QED) is 0.637. The molecule has 12 heavy (non-hydrogen) atoms. The molecule has 2 aliphatic rings. The van der Waals surface area contributed by atoms with Crippen molar-refractivity contribution in [2.24, 2.45) is 29.4 Å². The fourth-order valence-electron chi connectivity index (χ4n) is 2.79. The van der Waals surface area contributed by atoms with E-state index in [1.54, 1.807) is 0 Å². The summed E-state index contributed by atoms with van der Waals surface area (Å²) in [5.41, 5.74) is 6.08. The Morgan fingerprint density at radius 2 is 1.67 bits per heavy atom. The summed E-state index contributed by atoms with van der Waals surface area (Å²) in [5.74, 6) is 3.84. The molecule has 4 atom stereocenters. The Kier molecular flexibility index (Phi) is 2.16. The van der Waals surface area contributed by atoms with Crippen molar-refractivity contribution in [1.82, 2.24) is 0 Å². The molecule has 0 radical (unpaired) electrons. The van der Waals surface area contributed by atoms with E-state index in [0.29, 0.717) is 6.04 Å². The first kappa shape index (κ1) is 8.55. The standard InChI is InChI=1S/C11H21N/c1-7(2)8-3-9-4-10(9)6-11(12)5-8/h7-11H,3-6,12H2,1-2H3. The van der Waals surface area contributed by atoms with Gasteiger partial charge in [0.05, 0.1) is 0 Å². The summed E-state index contributed by atoms with van der Waals surface area (Å²) in [5, 5.41) is 0. The van der Waals surface area contributed by atoms with Crippen LogP contribution in [0.25, 0.3) is 0 Å². The van der Waals surface area contributed by atoms with Gasteiger partial charge in [-0.25, -0.2) is 0 Å². The zero-order valence-electron chi connectivity index (χ0n) is 8.29. The summed E-state index contributed by atoms with van der Waals surface area (Å²) >= 11 is 0. The molecule has 2 fully saturated rings. The molecule has 0 aliphatic heterocycles. The largest absolute Gasteiger partial charge is 0.328 e. The topological polar surface area (TPSA) is 26.0 Å². The van der Waals surface area contributed by atoms with E-state index in [1.807, 2.05) is 0 Å². The Labute approximate surface area is 75.7 Å². The van der Waals surface area contributed by atoms with Crippen LogP contribution in [0.5, 0.6) is 0 Å². The maximum Gasteiger partial charge on any atom is 0.00443 e. The van der Waals surface area contributed by atoms with Gasteiger partial charge in [0, 0.05) is 6.04 Å². The molecular weight excluding hydrogens is 146 g/mol. The normalized spacial score (nSPS) is 47.0. The average molecular weight is 167 g/mol. The summed E-state index contributed by atoms with van der Waals surface area (Å²) in [6.45, 7) is 4.69. The van der Waals surface area contributed by atoms with Crippen LogP contribution in [-0.2, 0) is 0 Å². The fourth-order valence-corrected chi connectivity index (χ4v) is 2.79. The van der Waals surface area contributed by atoms with Gasteiger partial charge in [0.1, 0.15) is 0 Å². The summed E-state index contributed by atoms with van der Waals surface area (Å²) in [6, 6.07) is 0.509. The third-order valence-electron chi connectivity index (χ3n) is 3.83. The Bertz CT molecular complexity index is 162. The third-order valence-corrected chi connectivity index (χ3v) is 3.83. The van der Waals surface area contributed by atoms with E-state index in [1.165, 1.54) is 25.7 Å². The van der Waals surface area contributed by atoms with Crippen LogP contribution in [0.3, 0.4) is 0 Å². The number of hydrogen-bond acceptors (Lipinski definition) is 1. The van der Waals surface area contributed by atoms with Gasteiger partial charge < -0.3 is 5.73 Å². The summed E-state index contributed by atoms with van der Waals surface area (Å²) < 4.78 is 0. The Morgan fingerprint density at radius 3 is 2.33 bits per heavy atom. The molecule has 2 saturated carbocycles. The molecule has 0 aromatic rings. The van der Waals surface area contributed by atoms with Crippen molar-refractivity contribution in [2.75, 3.05) is 0 Å². The van der Waals surface area contributed by atoms with Crippen LogP contribution in [0.15, 0.2) is 0 Å². The van der Waals surface area contributed by atoms with Crippen molar-refractivity contribution in [3.63, 3.8) is 0 Å². The van der Waals surface area contributed by atoms with Gasteiger partial charge in [0.15, 0.2) is 0 Å². The minimum absolute atomic E-state index is 0.509. The first-order chi connectivity index (χ1) is 5.66. The molecule has 1 nitrogen and oxygen atoms in total. The number of rotatable bonds is 1. The molecule has 2 N–H and O–H groups in total. The SMILES string of the molecule is CC(C)C1CC(N)CC2CC2C1. The van der Waals surface area contributed by atoms with Crippen molar-refractivity contribution >= 4 is 0 Å². The van der Waals surface area contributed by atoms with Gasteiger partial charge in [-0.2, -0.15) is 0 Å². The highest BCUT2D eigenvalue weighted by atomic mass is 14.7. The second-order valence-corrected chi connectivity index (χ2v) is 5.23. The van der Waals surface area contributed by atoms with Crippen LogP contribution in [-0.4, -0.2) is 6.04 Å². The predicted molar refractivity (Wildman–Crippen MR) is 51.8 cm³/mol. The molecule has 0 aromatic carbocycles. The van der Waals surface area contributed by atoms with Crippen molar-refractivity contribution < 1.29 is 0 Å². The zero-order valence-corrected chi connectivity index (χ0v) is 8.29. The summed E-state index contributed by atoms with van der Waals surface area (Å²) in [6.07, 6.45) is 5.55. The van der Waals surface area contributed by atoms with Crippen LogP contribution < -0.4 is 5.73 Å². The van der Waals surface area contributed by atoms with Crippen molar-refractivity contribution in [3.05, 3.63) is 0 Å². The van der Waals surface area contributed by atoms with Gasteiger partial charge in [-0.3, -0.25) is 0 Å². The lowest BCUT2D eigenvalue weighted by molar-refractivity contribution is 0.313.